The summed E-state index contributed by atoms with van der Waals surface area (Å²) in [6, 6.07) is 0.00350. The highest BCUT2D eigenvalue weighted by atomic mass is 19.4. The van der Waals surface area contributed by atoms with E-state index in [0.717, 1.165) is 13.1 Å². The molecule has 1 aliphatic carbocycles. The molecule has 1 aliphatic heterocycles. The number of halogens is 3. The van der Waals surface area contributed by atoms with E-state index < -0.39 is 18.8 Å². The highest BCUT2D eigenvalue weighted by molar-refractivity contribution is 5.74. The van der Waals surface area contributed by atoms with E-state index in [1.165, 1.54) is 30.6 Å². The van der Waals surface area contributed by atoms with Crippen molar-refractivity contribution in [3.8, 4) is 0 Å². The molecule has 0 atom stereocenters. The Balaban J connectivity index is 1.71. The first-order valence-electron chi connectivity index (χ1n) is 6.79. The molecule has 2 amide bonds. The Morgan fingerprint density at radius 3 is 2.21 bits per heavy atom. The van der Waals surface area contributed by atoms with Gasteiger partial charge in [-0.25, -0.2) is 4.79 Å². The molecule has 110 valence electrons. The Morgan fingerprint density at radius 2 is 1.68 bits per heavy atom. The van der Waals surface area contributed by atoms with E-state index in [0.29, 0.717) is 19.1 Å². The Bertz CT molecular complexity index is 308. The third kappa shape index (κ3) is 4.26. The predicted molar refractivity (Wildman–Crippen MR) is 64.9 cm³/mol. The van der Waals surface area contributed by atoms with Crippen LogP contribution in [0.1, 0.15) is 25.7 Å². The number of nitrogens with zero attached hydrogens (tertiary/aromatic N) is 2. The molecule has 0 aromatic carbocycles. The number of amides is 2. The maximum atomic E-state index is 12.0. The van der Waals surface area contributed by atoms with E-state index in [4.69, 9.17) is 0 Å². The number of alkyl halides is 3. The zero-order valence-electron chi connectivity index (χ0n) is 10.9. The van der Waals surface area contributed by atoms with Gasteiger partial charge in [-0.1, -0.05) is 12.8 Å². The van der Waals surface area contributed by atoms with Crippen LogP contribution in [0.3, 0.4) is 0 Å². The van der Waals surface area contributed by atoms with Crippen LogP contribution in [0, 0.1) is 0 Å². The second-order valence-electron chi connectivity index (χ2n) is 5.24. The number of nitrogens with one attached hydrogen (secondary N) is 1. The second-order valence-corrected chi connectivity index (χ2v) is 5.24. The topological polar surface area (TPSA) is 35.6 Å². The summed E-state index contributed by atoms with van der Waals surface area (Å²) in [7, 11) is 0. The number of rotatable bonds is 2. The first-order valence-corrected chi connectivity index (χ1v) is 6.79. The standard InChI is InChI=1S/C12H20F3N3O/c13-12(14,15)9-16-11(19)18-7-5-17(6-8-18)10-3-1-2-4-10/h10H,1-9H2,(H,16,19). The lowest BCUT2D eigenvalue weighted by molar-refractivity contribution is -0.123. The van der Waals surface area contributed by atoms with Gasteiger partial charge in [0.15, 0.2) is 0 Å². The van der Waals surface area contributed by atoms with Gasteiger partial charge in [0, 0.05) is 32.2 Å². The summed E-state index contributed by atoms with van der Waals surface area (Å²) in [5.41, 5.74) is 0. The van der Waals surface area contributed by atoms with Crippen molar-refractivity contribution in [1.29, 1.82) is 0 Å². The Kier molecular flexibility index (Phi) is 4.54. The molecule has 0 radical (unpaired) electrons. The van der Waals surface area contributed by atoms with Gasteiger partial charge in [-0.05, 0) is 12.8 Å². The van der Waals surface area contributed by atoms with Crippen molar-refractivity contribution < 1.29 is 18.0 Å². The predicted octanol–water partition coefficient (Wildman–Crippen LogP) is 1.82. The first-order chi connectivity index (χ1) is 8.96. The zero-order chi connectivity index (χ0) is 13.9. The summed E-state index contributed by atoms with van der Waals surface area (Å²) in [4.78, 5) is 15.4. The molecular weight excluding hydrogens is 259 g/mol. The van der Waals surface area contributed by atoms with Gasteiger partial charge in [0.1, 0.15) is 6.54 Å². The van der Waals surface area contributed by atoms with Gasteiger partial charge in [0.2, 0.25) is 0 Å². The van der Waals surface area contributed by atoms with Crippen LogP contribution in [0.5, 0.6) is 0 Å². The maximum absolute atomic E-state index is 12.0. The van der Waals surface area contributed by atoms with Gasteiger partial charge >= 0.3 is 12.2 Å². The average molecular weight is 279 g/mol. The molecular formula is C12H20F3N3O. The molecule has 7 heteroatoms. The van der Waals surface area contributed by atoms with Gasteiger partial charge in [-0.15, -0.1) is 0 Å². The Labute approximate surface area is 110 Å². The van der Waals surface area contributed by atoms with Crippen molar-refractivity contribution in [2.75, 3.05) is 32.7 Å². The third-order valence-corrected chi connectivity index (χ3v) is 3.88. The van der Waals surface area contributed by atoms with Crippen molar-refractivity contribution in [1.82, 2.24) is 15.1 Å². The molecule has 1 saturated heterocycles. The van der Waals surface area contributed by atoms with Gasteiger partial charge in [-0.2, -0.15) is 13.2 Å². The van der Waals surface area contributed by atoms with Crippen molar-refractivity contribution in [2.24, 2.45) is 0 Å². The SMILES string of the molecule is O=C(NCC(F)(F)F)N1CCN(C2CCCC2)CC1. The fourth-order valence-corrected chi connectivity index (χ4v) is 2.85. The monoisotopic (exact) mass is 279 g/mol. The van der Waals surface area contributed by atoms with Crippen LogP contribution in [0.25, 0.3) is 0 Å². The van der Waals surface area contributed by atoms with E-state index in [2.05, 4.69) is 4.90 Å². The second kappa shape index (κ2) is 5.98. The fraction of sp³-hybridized carbons (Fsp3) is 0.917. The van der Waals surface area contributed by atoms with Crippen LogP contribution in [0.2, 0.25) is 0 Å². The molecule has 0 aromatic rings. The minimum absolute atomic E-state index is 0.514. The molecule has 2 rings (SSSR count). The van der Waals surface area contributed by atoms with Crippen LogP contribution in [0.15, 0.2) is 0 Å². The highest BCUT2D eigenvalue weighted by Gasteiger charge is 2.31. The van der Waals surface area contributed by atoms with Crippen molar-refractivity contribution in [3.63, 3.8) is 0 Å². The number of piperazine rings is 1. The van der Waals surface area contributed by atoms with Crippen LogP contribution < -0.4 is 5.32 Å². The zero-order valence-corrected chi connectivity index (χ0v) is 10.9. The van der Waals surface area contributed by atoms with Crippen molar-refractivity contribution in [3.05, 3.63) is 0 Å². The summed E-state index contributed by atoms with van der Waals surface area (Å²) < 4.78 is 36.0. The lowest BCUT2D eigenvalue weighted by Gasteiger charge is -2.38. The highest BCUT2D eigenvalue weighted by Crippen LogP contribution is 2.24. The van der Waals surface area contributed by atoms with E-state index in [1.54, 1.807) is 0 Å². The van der Waals surface area contributed by atoms with Crippen LogP contribution in [0.4, 0.5) is 18.0 Å². The smallest absolute Gasteiger partial charge is 0.329 e. The summed E-state index contributed by atoms with van der Waals surface area (Å²) in [5, 5.41) is 1.92. The molecule has 0 spiro atoms. The molecule has 0 bridgehead atoms. The number of carbonyl (C=O) groups is 1. The number of hydrogen-bond acceptors (Lipinski definition) is 2. The molecule has 2 aliphatic rings. The van der Waals surface area contributed by atoms with Crippen LogP contribution in [-0.4, -0.2) is 60.8 Å². The van der Waals surface area contributed by atoms with Crippen LogP contribution in [-0.2, 0) is 0 Å². The number of hydrogen-bond donors (Lipinski definition) is 1. The molecule has 1 saturated carbocycles. The minimum Gasteiger partial charge on any atom is -0.329 e. The van der Waals surface area contributed by atoms with E-state index in [-0.39, 0.29) is 0 Å². The first kappa shape index (κ1) is 14.4. The van der Waals surface area contributed by atoms with Crippen molar-refractivity contribution in [2.45, 2.75) is 37.9 Å². The lowest BCUT2D eigenvalue weighted by atomic mass is 10.2. The van der Waals surface area contributed by atoms with Gasteiger partial charge < -0.3 is 10.2 Å². The van der Waals surface area contributed by atoms with E-state index in [1.807, 2.05) is 5.32 Å². The summed E-state index contributed by atoms with van der Waals surface area (Å²) >= 11 is 0. The molecule has 0 unspecified atom stereocenters. The fourth-order valence-electron chi connectivity index (χ4n) is 2.85. The number of carbonyl (C=O) groups excluding carboxylic acids is 1. The summed E-state index contributed by atoms with van der Waals surface area (Å²) in [6.45, 7) is 1.31. The van der Waals surface area contributed by atoms with Crippen LogP contribution >= 0.6 is 0 Å². The molecule has 4 nitrogen and oxygen atoms in total. The molecule has 1 N–H and O–H groups in total. The molecule has 19 heavy (non-hydrogen) atoms. The largest absolute Gasteiger partial charge is 0.405 e. The van der Waals surface area contributed by atoms with Gasteiger partial charge in [-0.3, -0.25) is 4.90 Å². The summed E-state index contributed by atoms with van der Waals surface area (Å²) in [5.74, 6) is 0. The van der Waals surface area contributed by atoms with Crippen molar-refractivity contribution >= 4 is 6.03 Å². The minimum atomic E-state index is -4.35. The normalized spacial score (nSPS) is 22.8. The summed E-state index contributed by atoms with van der Waals surface area (Å²) in [6.07, 6.45) is 0.593. The third-order valence-electron chi connectivity index (χ3n) is 3.88. The number of urea groups is 1. The lowest BCUT2D eigenvalue weighted by Crippen LogP contribution is -2.54. The quantitative estimate of drug-likeness (QED) is 0.837. The van der Waals surface area contributed by atoms with E-state index >= 15 is 0 Å². The van der Waals surface area contributed by atoms with Gasteiger partial charge in [0.05, 0.1) is 0 Å². The Morgan fingerprint density at radius 1 is 1.11 bits per heavy atom. The maximum Gasteiger partial charge on any atom is 0.405 e. The Hall–Kier alpha value is -0.980. The molecule has 0 aromatic heterocycles. The van der Waals surface area contributed by atoms with E-state index in [9.17, 15) is 18.0 Å². The molecule has 2 fully saturated rings. The molecule has 1 heterocycles. The van der Waals surface area contributed by atoms with Gasteiger partial charge in [0.25, 0.3) is 0 Å². The average Bonchev–Trinajstić information content (AvgIpc) is 2.89.